The molecule has 0 unspecified atom stereocenters. The van der Waals surface area contributed by atoms with Gasteiger partial charge >= 0.3 is 5.97 Å². The lowest BCUT2D eigenvalue weighted by Gasteiger charge is -2.11. The van der Waals surface area contributed by atoms with Crippen LogP contribution in [0.4, 0.5) is 5.69 Å². The van der Waals surface area contributed by atoms with Gasteiger partial charge in [0.2, 0.25) is 0 Å². The molecule has 0 spiro atoms. The molecule has 0 aliphatic rings. The van der Waals surface area contributed by atoms with Gasteiger partial charge in [-0.1, -0.05) is 48.5 Å². The number of hydrogen-bond acceptors (Lipinski definition) is 4. The molecule has 0 aliphatic heterocycles. The number of carboxylic acid groups (broad SMARTS) is 1. The highest BCUT2D eigenvalue weighted by Crippen LogP contribution is 2.21. The average Bonchev–Trinajstić information content (AvgIpc) is 2.78. The number of ether oxygens (including phenoxy) is 1. The van der Waals surface area contributed by atoms with Gasteiger partial charge < -0.3 is 9.84 Å². The molecule has 0 amide bonds. The predicted molar refractivity (Wildman–Crippen MR) is 125 cm³/mol. The summed E-state index contributed by atoms with van der Waals surface area (Å²) in [6.07, 6.45) is 3.02. The van der Waals surface area contributed by atoms with Gasteiger partial charge in [0.05, 0.1) is 11.5 Å². The number of benzene rings is 3. The summed E-state index contributed by atoms with van der Waals surface area (Å²) >= 11 is 0. The Morgan fingerprint density at radius 1 is 0.875 bits per heavy atom. The van der Waals surface area contributed by atoms with E-state index >= 15 is 0 Å². The Balaban J connectivity index is 1.48. The van der Waals surface area contributed by atoms with Gasteiger partial charge in [-0.2, -0.15) is 0 Å². The van der Waals surface area contributed by atoms with Crippen LogP contribution in [-0.4, -0.2) is 26.1 Å². The molecule has 0 heterocycles. The van der Waals surface area contributed by atoms with Gasteiger partial charge in [0.25, 0.3) is 10.0 Å². The highest BCUT2D eigenvalue weighted by atomic mass is 32.2. The molecule has 0 aromatic heterocycles. The molecule has 0 bridgehead atoms. The Morgan fingerprint density at radius 3 is 2.41 bits per heavy atom. The van der Waals surface area contributed by atoms with Crippen molar-refractivity contribution in [3.63, 3.8) is 0 Å². The van der Waals surface area contributed by atoms with Crippen LogP contribution in [-0.2, 0) is 27.7 Å². The smallest absolute Gasteiger partial charge is 0.303 e. The third-order valence-electron chi connectivity index (χ3n) is 4.93. The van der Waals surface area contributed by atoms with Crippen molar-refractivity contribution in [3.05, 3.63) is 90.0 Å². The van der Waals surface area contributed by atoms with E-state index in [2.05, 4.69) is 4.72 Å². The molecule has 3 aromatic rings. The Labute approximate surface area is 188 Å². The van der Waals surface area contributed by atoms with E-state index in [1.165, 1.54) is 0 Å². The van der Waals surface area contributed by atoms with Crippen LogP contribution in [0.15, 0.2) is 83.8 Å². The van der Waals surface area contributed by atoms with Crippen LogP contribution in [0.5, 0.6) is 5.75 Å². The number of carbonyl (C=O) groups is 1. The number of unbranched alkanes of at least 4 members (excludes halogenated alkanes) is 1. The van der Waals surface area contributed by atoms with Crippen LogP contribution < -0.4 is 9.46 Å². The van der Waals surface area contributed by atoms with Crippen LogP contribution in [0.2, 0.25) is 0 Å². The zero-order valence-electron chi connectivity index (χ0n) is 17.7. The van der Waals surface area contributed by atoms with Crippen molar-refractivity contribution in [2.45, 2.75) is 37.0 Å². The number of carboxylic acids is 1. The summed E-state index contributed by atoms with van der Waals surface area (Å²) < 4.78 is 33.5. The number of anilines is 1. The predicted octanol–water partition coefficient (Wildman–Crippen LogP) is 4.91. The first-order valence-electron chi connectivity index (χ1n) is 10.5. The monoisotopic (exact) mass is 453 g/mol. The number of aryl methyl sites for hydroxylation is 2. The molecule has 0 fully saturated rings. The summed E-state index contributed by atoms with van der Waals surface area (Å²) in [6.45, 7) is 0.532. The van der Waals surface area contributed by atoms with Crippen molar-refractivity contribution in [2.24, 2.45) is 0 Å². The summed E-state index contributed by atoms with van der Waals surface area (Å²) in [5.74, 6) is -0.0980. The Kier molecular flexibility index (Phi) is 8.27. The quantitative estimate of drug-likeness (QED) is 0.380. The minimum atomic E-state index is -3.61. The lowest BCUT2D eigenvalue weighted by atomic mass is 10.1. The molecule has 0 saturated heterocycles. The van der Waals surface area contributed by atoms with Crippen LogP contribution in [0, 0.1) is 0 Å². The van der Waals surface area contributed by atoms with Gasteiger partial charge in [0, 0.05) is 12.1 Å². The van der Waals surface area contributed by atoms with Gasteiger partial charge in [-0.3, -0.25) is 9.52 Å². The molecule has 3 aromatic carbocycles. The highest BCUT2D eigenvalue weighted by Gasteiger charge is 2.13. The van der Waals surface area contributed by atoms with Gasteiger partial charge in [0.15, 0.2) is 0 Å². The second-order valence-electron chi connectivity index (χ2n) is 7.43. The second kappa shape index (κ2) is 11.3. The fourth-order valence-electron chi connectivity index (χ4n) is 3.31. The normalized spacial score (nSPS) is 11.1. The maximum Gasteiger partial charge on any atom is 0.303 e. The van der Waals surface area contributed by atoms with E-state index in [-0.39, 0.29) is 11.3 Å². The molecule has 32 heavy (non-hydrogen) atoms. The van der Waals surface area contributed by atoms with E-state index in [1.807, 2.05) is 42.5 Å². The van der Waals surface area contributed by atoms with E-state index in [9.17, 15) is 13.2 Å². The molecule has 0 radical (unpaired) electrons. The summed E-state index contributed by atoms with van der Waals surface area (Å²) in [6, 6.07) is 23.2. The van der Waals surface area contributed by atoms with Crippen molar-refractivity contribution in [3.8, 4) is 5.75 Å². The first kappa shape index (κ1) is 23.3. The molecule has 6 nitrogen and oxygen atoms in total. The summed E-state index contributed by atoms with van der Waals surface area (Å²) in [5.41, 5.74) is 2.48. The van der Waals surface area contributed by atoms with E-state index in [4.69, 9.17) is 9.84 Å². The molecule has 0 aliphatic carbocycles. The lowest BCUT2D eigenvalue weighted by Crippen LogP contribution is -2.12. The molecule has 168 valence electrons. The topological polar surface area (TPSA) is 92.7 Å². The Bertz CT molecular complexity index is 1130. The average molecular weight is 454 g/mol. The van der Waals surface area contributed by atoms with E-state index in [0.717, 1.165) is 36.1 Å². The maximum absolute atomic E-state index is 12.5. The highest BCUT2D eigenvalue weighted by molar-refractivity contribution is 7.92. The molecule has 7 heteroatoms. The molecule has 3 rings (SSSR count). The molecule has 0 atom stereocenters. The van der Waals surface area contributed by atoms with Crippen LogP contribution >= 0.6 is 0 Å². The van der Waals surface area contributed by atoms with E-state index in [1.54, 1.807) is 36.4 Å². The first-order valence-corrected chi connectivity index (χ1v) is 12.0. The SMILES string of the molecule is O=C(O)CCc1ccccc1OCCCCc1cccc(NS(=O)(=O)c2ccccc2)c1. The molecular formula is C25H27NO5S. The maximum atomic E-state index is 12.5. The number of aliphatic carboxylic acids is 1. The number of hydrogen-bond donors (Lipinski definition) is 2. The largest absolute Gasteiger partial charge is 0.493 e. The summed E-state index contributed by atoms with van der Waals surface area (Å²) in [5, 5.41) is 8.88. The van der Waals surface area contributed by atoms with Gasteiger partial charge in [-0.15, -0.1) is 0 Å². The van der Waals surface area contributed by atoms with Crippen LogP contribution in [0.3, 0.4) is 0 Å². The zero-order chi connectivity index (χ0) is 22.8. The van der Waals surface area contributed by atoms with Crippen molar-refractivity contribution >= 4 is 21.7 Å². The summed E-state index contributed by atoms with van der Waals surface area (Å²) in [4.78, 5) is 11.0. The van der Waals surface area contributed by atoms with Crippen molar-refractivity contribution in [2.75, 3.05) is 11.3 Å². The minimum Gasteiger partial charge on any atom is -0.493 e. The minimum absolute atomic E-state index is 0.0741. The Hall–Kier alpha value is -3.32. The van der Waals surface area contributed by atoms with Gasteiger partial charge in [-0.25, -0.2) is 8.42 Å². The standard InChI is InChI=1S/C25H27NO5S/c27-25(28)17-16-21-11-4-5-15-24(21)31-18-7-6-9-20-10-8-12-22(19-20)26-32(29,30)23-13-2-1-3-14-23/h1-5,8,10-15,19,26H,6-7,9,16-18H2,(H,27,28). The molecule has 2 N–H and O–H groups in total. The fraction of sp³-hybridized carbons (Fsp3) is 0.240. The zero-order valence-corrected chi connectivity index (χ0v) is 18.6. The number of para-hydroxylation sites is 1. The van der Waals surface area contributed by atoms with Crippen molar-refractivity contribution < 1.29 is 23.1 Å². The molecular weight excluding hydrogens is 426 g/mol. The first-order chi connectivity index (χ1) is 15.4. The van der Waals surface area contributed by atoms with Crippen LogP contribution in [0.25, 0.3) is 0 Å². The number of sulfonamides is 1. The van der Waals surface area contributed by atoms with Gasteiger partial charge in [-0.05, 0) is 67.1 Å². The van der Waals surface area contributed by atoms with Gasteiger partial charge in [0.1, 0.15) is 5.75 Å². The van der Waals surface area contributed by atoms with Crippen LogP contribution in [0.1, 0.15) is 30.4 Å². The summed E-state index contributed by atoms with van der Waals surface area (Å²) in [7, 11) is -3.61. The fourth-order valence-corrected chi connectivity index (χ4v) is 4.38. The van der Waals surface area contributed by atoms with Crippen molar-refractivity contribution in [1.82, 2.24) is 0 Å². The van der Waals surface area contributed by atoms with E-state index in [0.29, 0.717) is 18.7 Å². The number of rotatable bonds is 12. The van der Waals surface area contributed by atoms with E-state index < -0.39 is 16.0 Å². The third kappa shape index (κ3) is 7.13. The second-order valence-corrected chi connectivity index (χ2v) is 9.11. The number of nitrogens with one attached hydrogen (secondary N) is 1. The lowest BCUT2D eigenvalue weighted by molar-refractivity contribution is -0.136. The third-order valence-corrected chi connectivity index (χ3v) is 6.33. The molecule has 0 saturated carbocycles. The van der Waals surface area contributed by atoms with Crippen molar-refractivity contribution in [1.29, 1.82) is 0 Å². The Morgan fingerprint density at radius 2 is 1.62 bits per heavy atom.